The van der Waals surface area contributed by atoms with E-state index in [0.717, 1.165) is 30.5 Å². The number of carbonyl (C=O) groups is 2. The highest BCUT2D eigenvalue weighted by Crippen LogP contribution is 2.60. The molecule has 2 amide bonds. The van der Waals surface area contributed by atoms with Crippen LogP contribution in [0.4, 0.5) is 5.69 Å². The predicted molar refractivity (Wildman–Crippen MR) is 138 cm³/mol. The monoisotopic (exact) mass is 470 g/mol. The Balaban J connectivity index is 1.51. The number of aryl methyl sites for hydroxylation is 1. The fourth-order valence-electron chi connectivity index (χ4n) is 7.16. The summed E-state index contributed by atoms with van der Waals surface area (Å²) in [6.07, 6.45) is 3.21. The smallest absolute Gasteiger partial charge is 0.243 e. The van der Waals surface area contributed by atoms with Crippen LogP contribution in [0, 0.1) is 30.1 Å². The third kappa shape index (κ3) is 3.27. The number of methoxy groups -OCH3 is 1. The van der Waals surface area contributed by atoms with Crippen LogP contribution >= 0.6 is 0 Å². The number of rotatable bonds is 2. The van der Waals surface area contributed by atoms with Crippen molar-refractivity contribution in [2.45, 2.75) is 58.8 Å². The van der Waals surface area contributed by atoms with Crippen molar-refractivity contribution in [1.29, 1.82) is 0 Å². The Morgan fingerprint density at radius 3 is 2.43 bits per heavy atom. The van der Waals surface area contributed by atoms with Gasteiger partial charge < -0.3 is 9.72 Å². The Morgan fingerprint density at radius 2 is 1.74 bits per heavy atom. The summed E-state index contributed by atoms with van der Waals surface area (Å²) in [5.74, 6) is 0.796. The number of ether oxygens (including phenoxy) is 1. The molecule has 3 aliphatic rings. The van der Waals surface area contributed by atoms with Crippen LogP contribution in [0.5, 0.6) is 5.75 Å². The third-order valence-electron chi connectivity index (χ3n) is 8.97. The van der Waals surface area contributed by atoms with Crippen molar-refractivity contribution in [1.82, 2.24) is 4.98 Å². The molecule has 2 aliphatic carbocycles. The molecule has 3 aromatic rings. The minimum atomic E-state index is -0.452. The highest BCUT2D eigenvalue weighted by Gasteiger charge is 2.59. The quantitative estimate of drug-likeness (QED) is 0.446. The first-order valence-corrected chi connectivity index (χ1v) is 12.8. The summed E-state index contributed by atoms with van der Waals surface area (Å²) in [5.41, 5.74) is 5.34. The Hall–Kier alpha value is -3.08. The van der Waals surface area contributed by atoms with Crippen LogP contribution < -0.4 is 9.64 Å². The molecule has 1 saturated carbocycles. The number of fused-ring (bicyclic) bond motifs is 8. The summed E-state index contributed by atoms with van der Waals surface area (Å²) in [4.78, 5) is 33.1. The number of amides is 2. The zero-order valence-corrected chi connectivity index (χ0v) is 21.2. The molecular weight excluding hydrogens is 436 g/mol. The average Bonchev–Trinajstić information content (AvgIpc) is 3.32. The second-order valence-electron chi connectivity index (χ2n) is 11.9. The van der Waals surface area contributed by atoms with E-state index >= 15 is 0 Å². The first-order valence-electron chi connectivity index (χ1n) is 12.8. The number of hydrogen-bond donors (Lipinski definition) is 1. The van der Waals surface area contributed by atoms with Gasteiger partial charge in [-0.15, -0.1) is 0 Å². The minimum absolute atomic E-state index is 0.0461. The maximum atomic E-state index is 14.1. The molecule has 2 heterocycles. The van der Waals surface area contributed by atoms with Crippen molar-refractivity contribution < 1.29 is 14.3 Å². The van der Waals surface area contributed by atoms with Crippen molar-refractivity contribution in [3.05, 3.63) is 59.3 Å². The number of anilines is 1. The number of aromatic amines is 1. The maximum Gasteiger partial charge on any atom is 0.243 e. The molecule has 2 aromatic carbocycles. The highest BCUT2D eigenvalue weighted by atomic mass is 16.5. The van der Waals surface area contributed by atoms with Crippen LogP contribution in [-0.2, 0) is 9.59 Å². The normalized spacial score (nSPS) is 28.1. The molecule has 5 nitrogen and oxygen atoms in total. The molecule has 182 valence electrons. The molecule has 0 bridgehead atoms. The Morgan fingerprint density at radius 1 is 1.00 bits per heavy atom. The largest absolute Gasteiger partial charge is 0.497 e. The van der Waals surface area contributed by atoms with Crippen molar-refractivity contribution in [2.24, 2.45) is 23.2 Å². The summed E-state index contributed by atoms with van der Waals surface area (Å²) in [6, 6.07) is 13.8. The number of aromatic nitrogens is 1. The van der Waals surface area contributed by atoms with Gasteiger partial charge in [0, 0.05) is 16.6 Å². The van der Waals surface area contributed by atoms with E-state index in [1.165, 1.54) is 21.4 Å². The number of nitrogens with zero attached hydrogens (tertiary/aromatic N) is 1. The van der Waals surface area contributed by atoms with Crippen molar-refractivity contribution >= 4 is 28.4 Å². The van der Waals surface area contributed by atoms with Crippen LogP contribution in [0.25, 0.3) is 10.9 Å². The minimum Gasteiger partial charge on any atom is -0.497 e. The summed E-state index contributed by atoms with van der Waals surface area (Å²) < 4.78 is 5.29. The highest BCUT2D eigenvalue weighted by molar-refractivity contribution is 6.24. The standard InChI is InChI=1S/C30H34N2O3/c1-16-6-12-21-23(14-16)31-27-24(21)20-13-7-17(30(2,3)4)15-22(20)25-26(27)29(34)32(28(25)33)18-8-10-19(35-5)11-9-18/h6,8-12,14,17,20,22,25-26,31H,7,13,15H2,1-5H3/t17-,20-,22-,25+,26-/m0/s1. The topological polar surface area (TPSA) is 62.4 Å². The summed E-state index contributed by atoms with van der Waals surface area (Å²) in [5, 5.41) is 1.22. The van der Waals surface area contributed by atoms with E-state index in [1.54, 1.807) is 7.11 Å². The van der Waals surface area contributed by atoms with E-state index in [1.807, 2.05) is 24.3 Å². The number of carbonyl (C=O) groups excluding carboxylic acids is 2. The number of H-pyrrole nitrogens is 1. The molecular formula is C30H34N2O3. The SMILES string of the molecule is COc1ccc(N2C(=O)[C@@H]3[C@H]4C[C@@H](C(C)(C)C)CC[C@@H]4c4c([nH]c5cc(C)ccc45)[C@H]3C2=O)cc1. The van der Waals surface area contributed by atoms with Crippen LogP contribution in [0.2, 0.25) is 0 Å². The lowest BCUT2D eigenvalue weighted by molar-refractivity contribution is -0.123. The Kier molecular flexibility index (Phi) is 4.93. The molecule has 6 rings (SSSR count). The van der Waals surface area contributed by atoms with Gasteiger partial charge in [0.1, 0.15) is 5.75 Å². The van der Waals surface area contributed by atoms with Gasteiger partial charge in [0.05, 0.1) is 24.6 Å². The van der Waals surface area contributed by atoms with Gasteiger partial charge in [0.2, 0.25) is 11.8 Å². The van der Waals surface area contributed by atoms with E-state index < -0.39 is 5.92 Å². The maximum absolute atomic E-state index is 14.1. The fraction of sp³-hybridized carbons (Fsp3) is 0.467. The summed E-state index contributed by atoms with van der Waals surface area (Å²) in [7, 11) is 1.61. The van der Waals surface area contributed by atoms with E-state index in [0.29, 0.717) is 23.3 Å². The molecule has 1 saturated heterocycles. The molecule has 1 aromatic heterocycles. The Bertz CT molecular complexity index is 1330. The van der Waals surface area contributed by atoms with Crippen molar-refractivity contribution in [3.8, 4) is 5.75 Å². The summed E-state index contributed by atoms with van der Waals surface area (Å²) >= 11 is 0. The second-order valence-corrected chi connectivity index (χ2v) is 11.9. The van der Waals surface area contributed by atoms with E-state index in [2.05, 4.69) is 50.9 Å². The van der Waals surface area contributed by atoms with Crippen molar-refractivity contribution in [3.63, 3.8) is 0 Å². The molecule has 2 fully saturated rings. The fourth-order valence-corrected chi connectivity index (χ4v) is 7.16. The second kappa shape index (κ2) is 7.71. The third-order valence-corrected chi connectivity index (χ3v) is 8.97. The average molecular weight is 471 g/mol. The summed E-state index contributed by atoms with van der Waals surface area (Å²) in [6.45, 7) is 9.02. The lowest BCUT2D eigenvalue weighted by Crippen LogP contribution is -2.41. The van der Waals surface area contributed by atoms with Gasteiger partial charge in [-0.1, -0.05) is 32.9 Å². The lowest BCUT2D eigenvalue weighted by atomic mass is 9.56. The first-order chi connectivity index (χ1) is 16.7. The number of hydrogen-bond acceptors (Lipinski definition) is 3. The van der Waals surface area contributed by atoms with Gasteiger partial charge in [0.15, 0.2) is 0 Å². The number of nitrogens with one attached hydrogen (secondary N) is 1. The molecule has 1 aliphatic heterocycles. The molecule has 5 heteroatoms. The molecule has 1 N–H and O–H groups in total. The molecule has 0 spiro atoms. The molecule has 0 unspecified atom stereocenters. The zero-order valence-electron chi connectivity index (χ0n) is 21.2. The van der Waals surface area contributed by atoms with Gasteiger partial charge in [-0.2, -0.15) is 0 Å². The molecule has 35 heavy (non-hydrogen) atoms. The van der Waals surface area contributed by atoms with Crippen LogP contribution in [0.1, 0.15) is 68.7 Å². The van der Waals surface area contributed by atoms with Gasteiger partial charge in [-0.05, 0) is 90.8 Å². The lowest BCUT2D eigenvalue weighted by Gasteiger charge is -2.47. The Labute approximate surface area is 206 Å². The number of benzene rings is 2. The molecule has 0 radical (unpaired) electrons. The predicted octanol–water partition coefficient (Wildman–Crippen LogP) is 6.32. The number of imide groups is 1. The first kappa shape index (κ1) is 22.4. The molecule has 5 atom stereocenters. The van der Waals surface area contributed by atoms with Gasteiger partial charge >= 0.3 is 0 Å². The van der Waals surface area contributed by atoms with Crippen LogP contribution in [0.15, 0.2) is 42.5 Å². The van der Waals surface area contributed by atoms with E-state index in [9.17, 15) is 9.59 Å². The van der Waals surface area contributed by atoms with E-state index in [-0.39, 0.29) is 29.1 Å². The van der Waals surface area contributed by atoms with Gasteiger partial charge in [0.25, 0.3) is 0 Å². The van der Waals surface area contributed by atoms with Crippen LogP contribution in [0.3, 0.4) is 0 Å². The van der Waals surface area contributed by atoms with Crippen molar-refractivity contribution in [2.75, 3.05) is 12.0 Å². The zero-order chi connectivity index (χ0) is 24.6. The van der Waals surface area contributed by atoms with E-state index in [4.69, 9.17) is 4.74 Å². The van der Waals surface area contributed by atoms with Gasteiger partial charge in [-0.3, -0.25) is 9.59 Å². The van der Waals surface area contributed by atoms with Crippen LogP contribution in [-0.4, -0.2) is 23.9 Å². The van der Waals surface area contributed by atoms with Gasteiger partial charge in [-0.25, -0.2) is 4.90 Å².